The van der Waals surface area contributed by atoms with Gasteiger partial charge in [-0.1, -0.05) is 6.92 Å². The average Bonchev–Trinajstić information content (AvgIpc) is 3.24. The molecule has 0 aromatic heterocycles. The van der Waals surface area contributed by atoms with E-state index in [2.05, 4.69) is 43.7 Å². The van der Waals surface area contributed by atoms with Gasteiger partial charge in [0.1, 0.15) is 18.6 Å². The molecule has 1 amide bonds. The van der Waals surface area contributed by atoms with Crippen molar-refractivity contribution in [3.8, 4) is 0 Å². The van der Waals surface area contributed by atoms with Crippen molar-refractivity contribution in [2.24, 2.45) is 11.8 Å². The van der Waals surface area contributed by atoms with Gasteiger partial charge in [0.2, 0.25) is 5.91 Å². The highest BCUT2D eigenvalue weighted by atomic mass is 16.5. The van der Waals surface area contributed by atoms with E-state index in [-0.39, 0.29) is 36.6 Å². The molecule has 0 aromatic carbocycles. The maximum atomic E-state index is 12.9. The monoisotopic (exact) mass is 507 g/mol. The van der Waals surface area contributed by atoms with Crippen LogP contribution in [0.2, 0.25) is 0 Å². The fraction of sp³-hybridized carbons (Fsp3) is 0.962. The first kappa shape index (κ1) is 26.7. The third-order valence-corrected chi connectivity index (χ3v) is 9.18. The molecule has 6 N–H and O–H groups in total. The van der Waals surface area contributed by atoms with Crippen LogP contribution in [0.3, 0.4) is 0 Å². The summed E-state index contributed by atoms with van der Waals surface area (Å²) in [5, 5.41) is 21.7. The minimum Gasteiger partial charge on any atom is -0.379 e. The number of carbonyl (C=O) groups is 1. The first-order valence-electron chi connectivity index (χ1n) is 14.5. The summed E-state index contributed by atoms with van der Waals surface area (Å²) in [4.78, 5) is 15.5. The van der Waals surface area contributed by atoms with Gasteiger partial charge in [-0.15, -0.1) is 0 Å². The molecule has 0 bridgehead atoms. The van der Waals surface area contributed by atoms with Gasteiger partial charge in [-0.25, -0.2) is 0 Å². The van der Waals surface area contributed by atoms with Crippen molar-refractivity contribution in [3.63, 3.8) is 0 Å². The molecule has 0 spiro atoms. The molecule has 10 nitrogen and oxygen atoms in total. The summed E-state index contributed by atoms with van der Waals surface area (Å²) in [6.45, 7) is 13.3. The molecule has 4 saturated heterocycles. The highest BCUT2D eigenvalue weighted by molar-refractivity contribution is 5.83. The minimum absolute atomic E-state index is 0.0683. The van der Waals surface area contributed by atoms with E-state index in [0.29, 0.717) is 30.0 Å². The molecular formula is C26H49N7O3. The van der Waals surface area contributed by atoms with Crippen molar-refractivity contribution in [1.29, 1.82) is 0 Å². The van der Waals surface area contributed by atoms with Crippen LogP contribution in [0.25, 0.3) is 0 Å². The standard InChI is InChI=1S/C26H49N7O3/c1-16-4-5-20(30-25(34)24-17(2)36-18(3)29-24)13-23(16)32-26-28-7-6-22(31-26)19-12-21(15-27-14-19)33-8-10-35-11-9-33/h16-24,26-29,31-32H,4-15H2,1-3H3,(H,30,34). The van der Waals surface area contributed by atoms with Crippen LogP contribution in [-0.4, -0.2) is 106 Å². The molecule has 4 aliphatic heterocycles. The highest BCUT2D eigenvalue weighted by Crippen LogP contribution is 2.27. The molecule has 10 heteroatoms. The number of nitrogens with zero attached hydrogens (tertiary/aromatic N) is 1. The van der Waals surface area contributed by atoms with Gasteiger partial charge in [0, 0.05) is 43.8 Å². The van der Waals surface area contributed by atoms with Crippen LogP contribution in [0.15, 0.2) is 0 Å². The molecule has 0 aromatic rings. The zero-order valence-electron chi connectivity index (χ0n) is 22.4. The van der Waals surface area contributed by atoms with Gasteiger partial charge < -0.3 is 20.1 Å². The van der Waals surface area contributed by atoms with Gasteiger partial charge in [-0.05, 0) is 70.9 Å². The Balaban J connectivity index is 1.11. The minimum atomic E-state index is -0.265. The lowest BCUT2D eigenvalue weighted by molar-refractivity contribution is -0.124. The molecule has 1 saturated carbocycles. The molecule has 4 heterocycles. The van der Waals surface area contributed by atoms with Gasteiger partial charge in [-0.2, -0.15) is 0 Å². The number of ether oxygens (including phenoxy) is 2. The fourth-order valence-corrected chi connectivity index (χ4v) is 7.00. The number of amides is 1. The van der Waals surface area contributed by atoms with Gasteiger partial charge >= 0.3 is 0 Å². The number of carbonyl (C=O) groups excluding carboxylic acids is 1. The second-order valence-corrected chi connectivity index (χ2v) is 11.8. The lowest BCUT2D eigenvalue weighted by Crippen LogP contribution is -2.67. The molecule has 10 atom stereocenters. The van der Waals surface area contributed by atoms with E-state index in [1.807, 2.05) is 13.8 Å². The maximum Gasteiger partial charge on any atom is 0.240 e. The molecule has 36 heavy (non-hydrogen) atoms. The van der Waals surface area contributed by atoms with Crippen LogP contribution < -0.4 is 31.9 Å². The first-order valence-corrected chi connectivity index (χ1v) is 14.5. The van der Waals surface area contributed by atoms with Gasteiger partial charge in [0.25, 0.3) is 0 Å². The van der Waals surface area contributed by atoms with Crippen LogP contribution in [-0.2, 0) is 14.3 Å². The van der Waals surface area contributed by atoms with Crippen molar-refractivity contribution >= 4 is 5.91 Å². The van der Waals surface area contributed by atoms with E-state index in [0.717, 1.165) is 71.6 Å². The van der Waals surface area contributed by atoms with Gasteiger partial charge in [0.15, 0.2) is 0 Å². The summed E-state index contributed by atoms with van der Waals surface area (Å²) in [5.41, 5.74) is 0. The second-order valence-electron chi connectivity index (χ2n) is 11.8. The molecule has 1 aliphatic carbocycles. The summed E-state index contributed by atoms with van der Waals surface area (Å²) < 4.78 is 11.3. The van der Waals surface area contributed by atoms with Crippen LogP contribution in [0.4, 0.5) is 0 Å². The Morgan fingerprint density at radius 2 is 1.83 bits per heavy atom. The van der Waals surface area contributed by atoms with Gasteiger partial charge in [0.05, 0.1) is 19.3 Å². The lowest BCUT2D eigenvalue weighted by Gasteiger charge is -2.45. The van der Waals surface area contributed by atoms with Crippen LogP contribution in [0.1, 0.15) is 52.9 Å². The van der Waals surface area contributed by atoms with Crippen LogP contribution >= 0.6 is 0 Å². The van der Waals surface area contributed by atoms with E-state index in [9.17, 15) is 4.79 Å². The quantitative estimate of drug-likeness (QED) is 0.284. The number of nitrogens with one attached hydrogen (secondary N) is 6. The second kappa shape index (κ2) is 12.3. The van der Waals surface area contributed by atoms with Gasteiger partial charge in [-0.3, -0.25) is 31.0 Å². The largest absolute Gasteiger partial charge is 0.379 e. The predicted molar refractivity (Wildman–Crippen MR) is 139 cm³/mol. The van der Waals surface area contributed by atoms with Crippen molar-refractivity contribution in [2.75, 3.05) is 45.9 Å². The van der Waals surface area contributed by atoms with E-state index >= 15 is 0 Å². The van der Waals surface area contributed by atoms with Crippen molar-refractivity contribution in [3.05, 3.63) is 0 Å². The Kier molecular flexibility index (Phi) is 9.17. The molecule has 5 aliphatic rings. The number of hydrogen-bond acceptors (Lipinski definition) is 9. The Bertz CT molecular complexity index is 724. The normalized spacial score (nSPS) is 44.9. The zero-order chi connectivity index (χ0) is 25.1. The summed E-state index contributed by atoms with van der Waals surface area (Å²) >= 11 is 0. The molecule has 10 unspecified atom stereocenters. The number of piperidine rings is 1. The van der Waals surface area contributed by atoms with Crippen molar-refractivity contribution < 1.29 is 14.3 Å². The number of hydrogen-bond donors (Lipinski definition) is 6. The lowest BCUT2D eigenvalue weighted by atomic mass is 9.82. The predicted octanol–water partition coefficient (Wildman–Crippen LogP) is -0.482. The van der Waals surface area contributed by atoms with E-state index < -0.39 is 0 Å². The molecular weight excluding hydrogens is 458 g/mol. The summed E-state index contributed by atoms with van der Waals surface area (Å²) in [6.07, 6.45) is 5.46. The first-order chi connectivity index (χ1) is 17.5. The molecule has 5 fully saturated rings. The number of rotatable bonds is 6. The Hall–Kier alpha value is -0.850. The third kappa shape index (κ3) is 6.58. The average molecular weight is 508 g/mol. The fourth-order valence-electron chi connectivity index (χ4n) is 7.00. The Morgan fingerprint density at radius 1 is 1.00 bits per heavy atom. The Morgan fingerprint density at radius 3 is 2.61 bits per heavy atom. The SMILES string of the molecule is CC1NC(C(=O)NC2CCC(C)C(NC3NCCC(C4CNCC(N5CCOCC5)C4)N3)C2)C(C)O1. The van der Waals surface area contributed by atoms with Crippen molar-refractivity contribution in [1.82, 2.24) is 36.8 Å². The zero-order valence-corrected chi connectivity index (χ0v) is 22.4. The smallest absolute Gasteiger partial charge is 0.240 e. The van der Waals surface area contributed by atoms with Crippen molar-refractivity contribution in [2.45, 2.75) is 102 Å². The topological polar surface area (TPSA) is 111 Å². The summed E-state index contributed by atoms with van der Waals surface area (Å²) in [7, 11) is 0. The third-order valence-electron chi connectivity index (χ3n) is 9.18. The summed E-state index contributed by atoms with van der Waals surface area (Å²) in [6, 6.07) is 1.42. The molecule has 5 rings (SSSR count). The van der Waals surface area contributed by atoms with Crippen LogP contribution in [0.5, 0.6) is 0 Å². The summed E-state index contributed by atoms with van der Waals surface area (Å²) in [5.74, 6) is 1.29. The molecule has 206 valence electrons. The highest BCUT2D eigenvalue weighted by Gasteiger charge is 2.38. The molecule has 0 radical (unpaired) electrons. The number of morpholine rings is 1. The van der Waals surface area contributed by atoms with E-state index in [4.69, 9.17) is 9.47 Å². The van der Waals surface area contributed by atoms with E-state index in [1.165, 1.54) is 6.42 Å². The van der Waals surface area contributed by atoms with Crippen LogP contribution in [0, 0.1) is 11.8 Å². The Labute approximate surface area is 216 Å². The van der Waals surface area contributed by atoms with E-state index in [1.54, 1.807) is 0 Å². The maximum absolute atomic E-state index is 12.9.